The highest BCUT2D eigenvalue weighted by molar-refractivity contribution is 9.08. The van der Waals surface area contributed by atoms with Crippen molar-refractivity contribution in [1.82, 2.24) is 0 Å². The lowest BCUT2D eigenvalue weighted by atomic mass is 10.0. The predicted molar refractivity (Wildman–Crippen MR) is 70.0 cm³/mol. The molecular weight excluding hydrogens is 268 g/mol. The third-order valence-electron chi connectivity index (χ3n) is 2.69. The van der Waals surface area contributed by atoms with Gasteiger partial charge in [0.2, 0.25) is 0 Å². The monoisotopic (exact) mass is 286 g/mol. The van der Waals surface area contributed by atoms with Gasteiger partial charge in [-0.15, -0.1) is 0 Å². The van der Waals surface area contributed by atoms with Crippen LogP contribution in [0.4, 0.5) is 0 Å². The molecule has 0 radical (unpaired) electrons. The zero-order valence-corrected chi connectivity index (χ0v) is 11.4. The Morgan fingerprint density at radius 1 is 1.31 bits per heavy atom. The van der Waals surface area contributed by atoms with Crippen LogP contribution >= 0.6 is 15.9 Å². The second-order valence-electron chi connectivity index (χ2n) is 4.00. The molecule has 0 aliphatic rings. The Kier molecular flexibility index (Phi) is 5.85. The Bertz CT molecular complexity index is 297. The van der Waals surface area contributed by atoms with Gasteiger partial charge in [-0.05, 0) is 24.1 Å². The predicted octanol–water partition coefficient (Wildman–Crippen LogP) is 3.37. The minimum Gasteiger partial charge on any atom is -0.490 e. The van der Waals surface area contributed by atoms with Gasteiger partial charge in [-0.2, -0.15) is 0 Å². The molecule has 2 nitrogen and oxygen atoms in total. The Morgan fingerprint density at radius 2 is 1.94 bits per heavy atom. The van der Waals surface area contributed by atoms with E-state index in [0.29, 0.717) is 0 Å². The van der Waals surface area contributed by atoms with E-state index in [1.807, 2.05) is 31.2 Å². The zero-order chi connectivity index (χ0) is 12.0. The summed E-state index contributed by atoms with van der Waals surface area (Å²) in [5.74, 6) is 1.04. The molecule has 1 rings (SSSR count). The first kappa shape index (κ1) is 13.5. The first-order chi connectivity index (χ1) is 7.71. The maximum absolute atomic E-state index is 9.11. The highest BCUT2D eigenvalue weighted by atomic mass is 79.9. The van der Waals surface area contributed by atoms with Crippen molar-refractivity contribution in [1.29, 1.82) is 0 Å². The van der Waals surface area contributed by atoms with E-state index in [1.165, 1.54) is 5.56 Å². The molecule has 0 saturated heterocycles. The van der Waals surface area contributed by atoms with E-state index >= 15 is 0 Å². The van der Waals surface area contributed by atoms with Gasteiger partial charge in [0.15, 0.2) is 0 Å². The summed E-state index contributed by atoms with van der Waals surface area (Å²) in [5, 5.41) is 9.97. The van der Waals surface area contributed by atoms with Crippen LogP contribution in [0.1, 0.15) is 25.8 Å². The van der Waals surface area contributed by atoms with Gasteiger partial charge < -0.3 is 9.84 Å². The highest BCUT2D eigenvalue weighted by Gasteiger charge is 2.16. The summed E-state index contributed by atoms with van der Waals surface area (Å²) in [4.78, 5) is 0. The Balaban J connectivity index is 2.63. The average Bonchev–Trinajstić information content (AvgIpc) is 2.35. The number of rotatable bonds is 6. The lowest BCUT2D eigenvalue weighted by Crippen LogP contribution is -2.26. The maximum atomic E-state index is 9.11. The van der Waals surface area contributed by atoms with Crippen molar-refractivity contribution in [3.05, 3.63) is 29.8 Å². The van der Waals surface area contributed by atoms with Gasteiger partial charge >= 0.3 is 0 Å². The first-order valence-electron chi connectivity index (χ1n) is 5.63. The number of aliphatic hydroxyl groups is 1. The van der Waals surface area contributed by atoms with Crippen LogP contribution in [0.5, 0.6) is 5.75 Å². The van der Waals surface area contributed by atoms with Gasteiger partial charge in [-0.25, -0.2) is 0 Å². The summed E-state index contributed by atoms with van der Waals surface area (Å²) in [7, 11) is 0. The van der Waals surface area contributed by atoms with E-state index < -0.39 is 0 Å². The molecule has 2 atom stereocenters. The summed E-state index contributed by atoms with van der Waals surface area (Å²) in [6, 6.07) is 8.04. The third kappa shape index (κ3) is 3.80. The van der Waals surface area contributed by atoms with Gasteiger partial charge in [0.25, 0.3) is 0 Å². The molecule has 0 aliphatic heterocycles. The van der Waals surface area contributed by atoms with Gasteiger partial charge in [0.1, 0.15) is 11.9 Å². The maximum Gasteiger partial charge on any atom is 0.119 e. The number of benzene rings is 1. The van der Waals surface area contributed by atoms with Crippen LogP contribution in [0, 0.1) is 5.92 Å². The number of alkyl halides is 1. The summed E-state index contributed by atoms with van der Waals surface area (Å²) in [6.45, 7) is 4.24. The molecule has 2 unspecified atom stereocenters. The largest absolute Gasteiger partial charge is 0.490 e. The number of halogens is 1. The fourth-order valence-corrected chi connectivity index (χ4v) is 1.93. The summed E-state index contributed by atoms with van der Waals surface area (Å²) in [6.07, 6.45) is 0.988. The molecule has 90 valence electrons. The molecule has 16 heavy (non-hydrogen) atoms. The molecule has 0 aromatic heterocycles. The van der Waals surface area contributed by atoms with E-state index in [-0.39, 0.29) is 18.6 Å². The van der Waals surface area contributed by atoms with Gasteiger partial charge in [0.05, 0.1) is 0 Å². The minimum absolute atomic E-state index is 0.0832. The van der Waals surface area contributed by atoms with Crippen LogP contribution in [0.15, 0.2) is 24.3 Å². The molecule has 3 heteroatoms. The highest BCUT2D eigenvalue weighted by Crippen LogP contribution is 2.19. The molecule has 0 bridgehead atoms. The molecule has 1 aromatic rings. The molecule has 1 N–H and O–H groups in total. The van der Waals surface area contributed by atoms with Crippen LogP contribution in [-0.2, 0) is 5.33 Å². The Hall–Kier alpha value is -0.540. The number of ether oxygens (including phenoxy) is 1. The average molecular weight is 287 g/mol. The van der Waals surface area contributed by atoms with Crippen LogP contribution < -0.4 is 4.74 Å². The smallest absolute Gasteiger partial charge is 0.119 e. The molecule has 0 aliphatic carbocycles. The Labute approximate surface area is 106 Å². The van der Waals surface area contributed by atoms with Crippen molar-refractivity contribution in [2.24, 2.45) is 5.92 Å². The number of aliphatic hydroxyl groups excluding tert-OH is 1. The van der Waals surface area contributed by atoms with Gasteiger partial charge in [-0.3, -0.25) is 0 Å². The normalized spacial score (nSPS) is 14.5. The lowest BCUT2D eigenvalue weighted by molar-refractivity contribution is 0.0937. The fourth-order valence-electron chi connectivity index (χ4n) is 1.55. The van der Waals surface area contributed by atoms with Gasteiger partial charge in [-0.1, -0.05) is 41.9 Å². The zero-order valence-electron chi connectivity index (χ0n) is 9.82. The topological polar surface area (TPSA) is 29.5 Å². The second kappa shape index (κ2) is 6.92. The molecule has 0 heterocycles. The van der Waals surface area contributed by atoms with Crippen molar-refractivity contribution >= 4 is 15.9 Å². The van der Waals surface area contributed by atoms with E-state index in [2.05, 4.69) is 22.9 Å². The fraction of sp³-hybridized carbons (Fsp3) is 0.538. The summed E-state index contributed by atoms with van der Waals surface area (Å²) < 4.78 is 5.84. The lowest BCUT2D eigenvalue weighted by Gasteiger charge is -2.22. The van der Waals surface area contributed by atoms with Gasteiger partial charge in [0, 0.05) is 17.9 Å². The summed E-state index contributed by atoms with van der Waals surface area (Å²) >= 11 is 3.41. The van der Waals surface area contributed by atoms with Crippen molar-refractivity contribution in [3.63, 3.8) is 0 Å². The molecule has 1 aromatic carbocycles. The molecule has 0 saturated carbocycles. The molecule has 0 amide bonds. The van der Waals surface area contributed by atoms with Crippen molar-refractivity contribution in [2.45, 2.75) is 31.7 Å². The van der Waals surface area contributed by atoms with E-state index in [1.54, 1.807) is 0 Å². The number of hydrogen-bond donors (Lipinski definition) is 1. The minimum atomic E-state index is 0.0832. The molecular formula is C13H19BrO2. The quantitative estimate of drug-likeness (QED) is 0.813. The molecule has 0 spiro atoms. The van der Waals surface area contributed by atoms with E-state index in [0.717, 1.165) is 17.5 Å². The van der Waals surface area contributed by atoms with Crippen LogP contribution in [0.3, 0.4) is 0 Å². The third-order valence-corrected chi connectivity index (χ3v) is 3.34. The summed E-state index contributed by atoms with van der Waals surface area (Å²) in [5.41, 5.74) is 1.23. The Morgan fingerprint density at radius 3 is 2.38 bits per heavy atom. The first-order valence-corrected chi connectivity index (χ1v) is 6.75. The standard InChI is InChI=1S/C13H19BrO2/c1-3-13(10(2)9-15)16-12-6-4-11(8-14)5-7-12/h4-7,10,13,15H,3,8-9H2,1-2H3. The van der Waals surface area contributed by atoms with Crippen molar-refractivity contribution in [3.8, 4) is 5.75 Å². The molecule has 0 fully saturated rings. The van der Waals surface area contributed by atoms with E-state index in [4.69, 9.17) is 9.84 Å². The number of hydrogen-bond acceptors (Lipinski definition) is 2. The van der Waals surface area contributed by atoms with Crippen LogP contribution in [0.2, 0.25) is 0 Å². The second-order valence-corrected chi connectivity index (χ2v) is 4.56. The SMILES string of the molecule is CCC(Oc1ccc(CBr)cc1)C(C)CO. The van der Waals surface area contributed by atoms with Crippen LogP contribution in [0.25, 0.3) is 0 Å². The van der Waals surface area contributed by atoms with Crippen molar-refractivity contribution < 1.29 is 9.84 Å². The van der Waals surface area contributed by atoms with Crippen LogP contribution in [-0.4, -0.2) is 17.8 Å². The van der Waals surface area contributed by atoms with E-state index in [9.17, 15) is 0 Å². The van der Waals surface area contributed by atoms with Crippen molar-refractivity contribution in [2.75, 3.05) is 6.61 Å².